The van der Waals surface area contributed by atoms with Gasteiger partial charge >= 0.3 is 6.18 Å². The number of benzene rings is 1. The number of rotatable bonds is 1. The number of hydrogen-bond donors (Lipinski definition) is 0. The molecule has 8 heteroatoms. The quantitative estimate of drug-likeness (QED) is 0.454. The van der Waals surface area contributed by atoms with Gasteiger partial charge in [-0.1, -0.05) is 29.8 Å². The summed E-state index contributed by atoms with van der Waals surface area (Å²) in [6, 6.07) is 5.61. The number of aromatic nitrogens is 1. The molecule has 1 aromatic heterocycles. The largest absolute Gasteiger partial charge is 0.417 e. The fourth-order valence-corrected chi connectivity index (χ4v) is 3.87. The number of alkyl halides is 3. The first-order chi connectivity index (χ1) is 12.1. The first-order valence-corrected chi connectivity index (χ1v) is 10.0. The number of hydrogen-bond acceptors (Lipinski definition) is 2. The van der Waals surface area contributed by atoms with Crippen LogP contribution < -0.4 is 0 Å². The molecule has 1 aliphatic heterocycles. The number of fused-ring (bicyclic) bond motifs is 1. The summed E-state index contributed by atoms with van der Waals surface area (Å²) in [5.74, 6) is -0.434. The van der Waals surface area contributed by atoms with E-state index in [1.165, 1.54) is 22.4 Å². The van der Waals surface area contributed by atoms with Crippen molar-refractivity contribution in [3.8, 4) is 0 Å². The molecule has 1 unspecified atom stereocenters. The normalized spacial score (nSPS) is 19.3. The maximum Gasteiger partial charge on any atom is 0.417 e. The van der Waals surface area contributed by atoms with Crippen molar-refractivity contribution < 1.29 is 17.6 Å². The molecule has 3 rings (SSSR count). The van der Waals surface area contributed by atoms with Crippen molar-refractivity contribution in [2.75, 3.05) is 6.26 Å². The van der Waals surface area contributed by atoms with Crippen molar-refractivity contribution in [2.45, 2.75) is 39.0 Å². The third kappa shape index (κ3) is 4.01. The van der Waals surface area contributed by atoms with Crippen LogP contribution in [0, 0.1) is 5.82 Å². The second-order valence-corrected chi connectivity index (χ2v) is 7.47. The highest BCUT2D eigenvalue weighted by molar-refractivity contribution is 9.10. The Kier molecular flexibility index (Phi) is 6.28. The molecule has 0 saturated heterocycles. The van der Waals surface area contributed by atoms with Crippen molar-refractivity contribution >= 4 is 32.7 Å². The van der Waals surface area contributed by atoms with Gasteiger partial charge in [-0.05, 0) is 37.4 Å². The molecule has 2 aromatic rings. The van der Waals surface area contributed by atoms with E-state index in [9.17, 15) is 17.6 Å². The molecule has 26 heavy (non-hydrogen) atoms. The molecule has 0 bridgehead atoms. The molecule has 1 atom stereocenters. The van der Waals surface area contributed by atoms with Crippen LogP contribution in [0.15, 0.2) is 39.9 Å². The SMILES string of the molecule is CC.CSC1=NC(C)(c2cc(Br)ccc2F)Cn2cc(C(F)(F)F)cc21. The number of nitrogens with zero attached hydrogens (tertiary/aromatic N) is 2. The van der Waals surface area contributed by atoms with Gasteiger partial charge in [0.15, 0.2) is 0 Å². The first-order valence-electron chi connectivity index (χ1n) is 8.01. The molecule has 0 amide bonds. The molecular weight excluding hydrogens is 432 g/mol. The second-order valence-electron chi connectivity index (χ2n) is 5.76. The maximum absolute atomic E-state index is 14.3. The van der Waals surface area contributed by atoms with Crippen LogP contribution >= 0.6 is 27.7 Å². The van der Waals surface area contributed by atoms with Crippen LogP contribution in [-0.2, 0) is 18.3 Å². The van der Waals surface area contributed by atoms with Crippen LogP contribution in [0.1, 0.15) is 37.6 Å². The number of thioether (sulfide) groups is 1. The number of halogens is 5. The van der Waals surface area contributed by atoms with Gasteiger partial charge in [-0.2, -0.15) is 13.2 Å². The summed E-state index contributed by atoms with van der Waals surface area (Å²) in [6.45, 7) is 5.86. The van der Waals surface area contributed by atoms with E-state index in [-0.39, 0.29) is 6.54 Å². The van der Waals surface area contributed by atoms with Crippen molar-refractivity contribution in [3.63, 3.8) is 0 Å². The van der Waals surface area contributed by atoms with E-state index in [0.29, 0.717) is 20.8 Å². The van der Waals surface area contributed by atoms with Gasteiger partial charge < -0.3 is 4.57 Å². The van der Waals surface area contributed by atoms with Crippen LogP contribution in [0.2, 0.25) is 0 Å². The maximum atomic E-state index is 14.3. The highest BCUT2D eigenvalue weighted by atomic mass is 79.9. The molecule has 0 spiro atoms. The van der Waals surface area contributed by atoms with E-state index in [1.54, 1.807) is 25.3 Å². The van der Waals surface area contributed by atoms with Crippen LogP contribution in [0.5, 0.6) is 0 Å². The highest BCUT2D eigenvalue weighted by Gasteiger charge is 2.39. The summed E-state index contributed by atoms with van der Waals surface area (Å²) >= 11 is 4.55. The van der Waals surface area contributed by atoms with Crippen LogP contribution in [-0.4, -0.2) is 15.9 Å². The zero-order valence-corrected chi connectivity index (χ0v) is 17.2. The average Bonchev–Trinajstić information content (AvgIpc) is 3.02. The predicted octanol–water partition coefficient (Wildman–Crippen LogP) is 6.47. The molecule has 1 aliphatic rings. The second kappa shape index (κ2) is 7.76. The zero-order chi connectivity index (χ0) is 19.7. The molecule has 142 valence electrons. The van der Waals surface area contributed by atoms with Gasteiger partial charge in [0.05, 0.1) is 17.8 Å². The number of aliphatic imine (C=N–C) groups is 1. The Balaban J connectivity index is 0.00000117. The van der Waals surface area contributed by atoms with Crippen LogP contribution in [0.4, 0.5) is 17.6 Å². The van der Waals surface area contributed by atoms with E-state index in [4.69, 9.17) is 0 Å². The van der Waals surface area contributed by atoms with Gasteiger partial charge in [-0.25, -0.2) is 4.39 Å². The summed E-state index contributed by atoms with van der Waals surface area (Å²) in [6.07, 6.45) is -1.62. The Labute approximate surface area is 162 Å². The molecule has 0 aliphatic carbocycles. The minimum atomic E-state index is -4.43. The van der Waals surface area contributed by atoms with E-state index < -0.39 is 23.1 Å². The molecule has 0 fully saturated rings. The van der Waals surface area contributed by atoms with Gasteiger partial charge in [0.2, 0.25) is 0 Å². The highest BCUT2D eigenvalue weighted by Crippen LogP contribution is 2.39. The Hall–Kier alpha value is -1.28. The van der Waals surface area contributed by atoms with E-state index in [0.717, 1.165) is 12.3 Å². The van der Waals surface area contributed by atoms with E-state index in [1.807, 2.05) is 13.8 Å². The van der Waals surface area contributed by atoms with Gasteiger partial charge in [0, 0.05) is 16.2 Å². The minimum absolute atomic E-state index is 0.135. The Morgan fingerprint density at radius 3 is 2.46 bits per heavy atom. The summed E-state index contributed by atoms with van der Waals surface area (Å²) in [7, 11) is 0. The third-order valence-corrected chi connectivity index (χ3v) is 5.15. The van der Waals surface area contributed by atoms with Crippen molar-refractivity contribution in [1.82, 2.24) is 4.57 Å². The minimum Gasteiger partial charge on any atom is -0.342 e. The van der Waals surface area contributed by atoms with Gasteiger partial charge in [-0.3, -0.25) is 4.99 Å². The van der Waals surface area contributed by atoms with Gasteiger partial charge in [0.25, 0.3) is 0 Å². The smallest absolute Gasteiger partial charge is 0.342 e. The van der Waals surface area contributed by atoms with Crippen molar-refractivity contribution in [3.05, 3.63) is 57.6 Å². The standard InChI is InChI=1S/C16H13BrF4N2S.C2H6/c1-15(11-6-10(17)3-4-12(11)18)8-23-7-9(16(19,20)21)5-13(23)14(22-15)24-2;1-2/h3-7H,8H2,1-2H3;1-2H3. The van der Waals surface area contributed by atoms with Crippen molar-refractivity contribution in [2.24, 2.45) is 4.99 Å². The van der Waals surface area contributed by atoms with Crippen molar-refractivity contribution in [1.29, 1.82) is 0 Å². The van der Waals surface area contributed by atoms with E-state index in [2.05, 4.69) is 20.9 Å². The van der Waals surface area contributed by atoms with E-state index >= 15 is 0 Å². The molecule has 0 saturated carbocycles. The monoisotopic (exact) mass is 450 g/mol. The molecule has 0 N–H and O–H groups in total. The fraction of sp³-hybridized carbons (Fsp3) is 0.389. The predicted molar refractivity (Wildman–Crippen MR) is 102 cm³/mol. The Bertz CT molecular complexity index is 829. The first kappa shape index (κ1) is 21.0. The fourth-order valence-electron chi connectivity index (χ4n) is 2.83. The lowest BCUT2D eigenvalue weighted by Crippen LogP contribution is -2.33. The van der Waals surface area contributed by atoms with Gasteiger partial charge in [-0.15, -0.1) is 11.8 Å². The average molecular weight is 451 g/mol. The van der Waals surface area contributed by atoms with Crippen LogP contribution in [0.25, 0.3) is 0 Å². The zero-order valence-electron chi connectivity index (χ0n) is 14.8. The Morgan fingerprint density at radius 1 is 1.23 bits per heavy atom. The van der Waals surface area contributed by atoms with Crippen LogP contribution in [0.3, 0.4) is 0 Å². The molecule has 2 nitrogen and oxygen atoms in total. The topological polar surface area (TPSA) is 17.3 Å². The Morgan fingerprint density at radius 2 is 1.88 bits per heavy atom. The summed E-state index contributed by atoms with van der Waals surface area (Å²) in [5.41, 5.74) is -0.960. The molecule has 0 radical (unpaired) electrons. The lowest BCUT2D eigenvalue weighted by Gasteiger charge is -2.32. The lowest BCUT2D eigenvalue weighted by atomic mass is 9.91. The molecule has 1 aromatic carbocycles. The summed E-state index contributed by atoms with van der Waals surface area (Å²) in [4.78, 5) is 4.57. The summed E-state index contributed by atoms with van der Waals surface area (Å²) in [5, 5.41) is 0.457. The summed E-state index contributed by atoms with van der Waals surface area (Å²) < 4.78 is 55.5. The molecular formula is C18H19BrF4N2S. The van der Waals surface area contributed by atoms with Gasteiger partial charge in [0.1, 0.15) is 16.4 Å². The third-order valence-electron chi connectivity index (χ3n) is 3.97. The lowest BCUT2D eigenvalue weighted by molar-refractivity contribution is -0.137. The molecule has 2 heterocycles.